The van der Waals surface area contributed by atoms with Crippen molar-refractivity contribution in [3.8, 4) is 11.1 Å². The van der Waals surface area contributed by atoms with Crippen LogP contribution in [-0.2, 0) is 23.9 Å². The normalized spacial score (nSPS) is 13.7. The number of carboxylic acids is 1. The Morgan fingerprint density at radius 1 is 0.943 bits per heavy atom. The summed E-state index contributed by atoms with van der Waals surface area (Å²) in [5.41, 5.74) is 4.33. The van der Waals surface area contributed by atoms with E-state index in [1.165, 1.54) is 0 Å². The molecule has 3 rings (SSSR count). The van der Waals surface area contributed by atoms with E-state index in [4.69, 9.17) is 4.74 Å². The molecule has 9 heteroatoms. The van der Waals surface area contributed by atoms with Crippen molar-refractivity contribution in [2.75, 3.05) is 13.7 Å². The van der Waals surface area contributed by atoms with Gasteiger partial charge in [0.05, 0.1) is 13.5 Å². The molecule has 35 heavy (non-hydrogen) atoms. The SMILES string of the molecule is CCCC[C@H](NC(=O)OCC1c2ccccc2-c2ccccc21)C(=O)N[C@@H](CC(=O)OC)C(=O)O. The van der Waals surface area contributed by atoms with Crippen molar-refractivity contribution in [2.24, 2.45) is 0 Å². The van der Waals surface area contributed by atoms with Crippen LogP contribution in [0.3, 0.4) is 0 Å². The van der Waals surface area contributed by atoms with Gasteiger partial charge in [0.15, 0.2) is 0 Å². The topological polar surface area (TPSA) is 131 Å². The second-order valence-electron chi connectivity index (χ2n) is 8.34. The number of carbonyl (C=O) groups is 4. The molecular weight excluding hydrogens is 452 g/mol. The predicted octanol–water partition coefficient (Wildman–Crippen LogP) is 3.22. The molecule has 186 valence electrons. The number of amides is 2. The van der Waals surface area contributed by atoms with Gasteiger partial charge in [0.1, 0.15) is 18.7 Å². The molecule has 0 bridgehead atoms. The Balaban J connectivity index is 1.65. The van der Waals surface area contributed by atoms with Crippen LogP contribution in [0.25, 0.3) is 11.1 Å². The molecule has 2 amide bonds. The quantitative estimate of drug-likeness (QED) is 0.419. The van der Waals surface area contributed by atoms with E-state index in [2.05, 4.69) is 15.4 Å². The van der Waals surface area contributed by atoms with E-state index in [-0.39, 0.29) is 18.9 Å². The van der Waals surface area contributed by atoms with Crippen LogP contribution in [0.2, 0.25) is 0 Å². The Bertz CT molecular complexity index is 1040. The molecule has 0 unspecified atom stereocenters. The first-order valence-electron chi connectivity index (χ1n) is 11.6. The van der Waals surface area contributed by atoms with E-state index in [1.807, 2.05) is 55.5 Å². The van der Waals surface area contributed by atoms with Crippen LogP contribution in [0.1, 0.15) is 49.7 Å². The number of esters is 1. The second-order valence-corrected chi connectivity index (χ2v) is 8.34. The predicted molar refractivity (Wildman–Crippen MR) is 128 cm³/mol. The van der Waals surface area contributed by atoms with Gasteiger partial charge in [-0.1, -0.05) is 68.3 Å². The molecule has 1 aliphatic rings. The number of aliphatic carboxylic acids is 1. The molecule has 0 aromatic heterocycles. The van der Waals surface area contributed by atoms with Crippen molar-refractivity contribution in [1.82, 2.24) is 10.6 Å². The Hall–Kier alpha value is -3.88. The number of ether oxygens (including phenoxy) is 2. The summed E-state index contributed by atoms with van der Waals surface area (Å²) in [5.74, 6) is -2.98. The van der Waals surface area contributed by atoms with E-state index in [0.29, 0.717) is 6.42 Å². The summed E-state index contributed by atoms with van der Waals surface area (Å²) in [6, 6.07) is 13.4. The molecule has 0 saturated carbocycles. The minimum absolute atomic E-state index is 0.0854. The van der Waals surface area contributed by atoms with Gasteiger partial charge in [-0.15, -0.1) is 0 Å². The van der Waals surface area contributed by atoms with Crippen molar-refractivity contribution in [3.05, 3.63) is 59.7 Å². The number of alkyl carbamates (subject to hydrolysis) is 1. The molecule has 1 aliphatic carbocycles. The van der Waals surface area contributed by atoms with Gasteiger partial charge in [-0.3, -0.25) is 9.59 Å². The van der Waals surface area contributed by atoms with Crippen molar-refractivity contribution in [3.63, 3.8) is 0 Å². The Labute approximate surface area is 203 Å². The van der Waals surface area contributed by atoms with Gasteiger partial charge in [0.2, 0.25) is 5.91 Å². The van der Waals surface area contributed by atoms with Crippen LogP contribution < -0.4 is 10.6 Å². The maximum absolute atomic E-state index is 12.8. The number of hydrogen-bond acceptors (Lipinski definition) is 6. The fourth-order valence-electron chi connectivity index (χ4n) is 4.18. The molecule has 0 spiro atoms. The van der Waals surface area contributed by atoms with Crippen LogP contribution in [0.5, 0.6) is 0 Å². The summed E-state index contributed by atoms with van der Waals surface area (Å²) in [4.78, 5) is 48.4. The fraction of sp³-hybridized carbons (Fsp3) is 0.385. The maximum Gasteiger partial charge on any atom is 0.407 e. The van der Waals surface area contributed by atoms with Gasteiger partial charge in [-0.2, -0.15) is 0 Å². The first-order valence-corrected chi connectivity index (χ1v) is 11.6. The Morgan fingerprint density at radius 2 is 1.54 bits per heavy atom. The number of carbonyl (C=O) groups excluding carboxylic acids is 3. The van der Waals surface area contributed by atoms with Crippen LogP contribution >= 0.6 is 0 Å². The van der Waals surface area contributed by atoms with Gasteiger partial charge >= 0.3 is 18.0 Å². The van der Waals surface area contributed by atoms with E-state index >= 15 is 0 Å². The van der Waals surface area contributed by atoms with Crippen LogP contribution in [0.15, 0.2) is 48.5 Å². The smallest absolute Gasteiger partial charge is 0.407 e. The highest BCUT2D eigenvalue weighted by atomic mass is 16.5. The lowest BCUT2D eigenvalue weighted by Crippen LogP contribution is -2.52. The second kappa shape index (κ2) is 12.0. The number of unbranched alkanes of at least 4 members (excludes halogenated alkanes) is 1. The molecule has 0 heterocycles. The zero-order chi connectivity index (χ0) is 25.4. The zero-order valence-electron chi connectivity index (χ0n) is 19.8. The first-order chi connectivity index (χ1) is 16.8. The van der Waals surface area contributed by atoms with E-state index in [9.17, 15) is 24.3 Å². The van der Waals surface area contributed by atoms with Crippen LogP contribution in [-0.4, -0.2) is 54.8 Å². The molecule has 2 atom stereocenters. The number of nitrogens with one attached hydrogen (secondary N) is 2. The molecule has 0 radical (unpaired) electrons. The van der Waals surface area contributed by atoms with Gasteiger partial charge in [-0.05, 0) is 28.7 Å². The molecule has 0 aliphatic heterocycles. The van der Waals surface area contributed by atoms with Crippen molar-refractivity contribution in [1.29, 1.82) is 0 Å². The standard InChI is InChI=1S/C26H30N2O7/c1-3-4-13-21(24(30)27-22(25(31)32)14-23(29)34-2)28-26(33)35-15-20-18-11-7-5-9-16(18)17-10-6-8-12-19(17)20/h5-12,20-22H,3-4,13-15H2,1-2H3,(H,27,30)(H,28,33)(H,31,32)/t21-,22-/m0/s1. The highest BCUT2D eigenvalue weighted by Crippen LogP contribution is 2.44. The average molecular weight is 483 g/mol. The molecule has 0 saturated heterocycles. The summed E-state index contributed by atoms with van der Waals surface area (Å²) in [6.45, 7) is 2.02. The highest BCUT2D eigenvalue weighted by Gasteiger charge is 2.31. The summed E-state index contributed by atoms with van der Waals surface area (Å²) in [6.07, 6.45) is 0.375. The summed E-state index contributed by atoms with van der Waals surface area (Å²) >= 11 is 0. The number of hydrogen-bond donors (Lipinski definition) is 3. The highest BCUT2D eigenvalue weighted by molar-refractivity contribution is 5.91. The van der Waals surface area contributed by atoms with Crippen LogP contribution in [0, 0.1) is 0 Å². The van der Waals surface area contributed by atoms with Gasteiger partial charge < -0.3 is 25.2 Å². The lowest BCUT2D eigenvalue weighted by Gasteiger charge is -2.21. The van der Waals surface area contributed by atoms with Gasteiger partial charge in [0.25, 0.3) is 0 Å². The van der Waals surface area contributed by atoms with Crippen molar-refractivity contribution >= 4 is 23.9 Å². The third kappa shape index (κ3) is 6.38. The zero-order valence-corrected chi connectivity index (χ0v) is 19.8. The number of rotatable bonds is 11. The van der Waals surface area contributed by atoms with Crippen molar-refractivity contribution in [2.45, 2.75) is 50.6 Å². The first kappa shape index (κ1) is 25.7. The van der Waals surface area contributed by atoms with Crippen LogP contribution in [0.4, 0.5) is 4.79 Å². The summed E-state index contributed by atoms with van der Waals surface area (Å²) in [7, 11) is 1.13. The average Bonchev–Trinajstić information content (AvgIpc) is 3.18. The maximum atomic E-state index is 12.8. The molecule has 3 N–H and O–H groups in total. The monoisotopic (exact) mass is 482 g/mol. The number of carboxylic acid groups (broad SMARTS) is 1. The lowest BCUT2D eigenvalue weighted by atomic mass is 9.98. The largest absolute Gasteiger partial charge is 0.480 e. The molecule has 9 nitrogen and oxygen atoms in total. The van der Waals surface area contributed by atoms with E-state index in [0.717, 1.165) is 35.8 Å². The Morgan fingerprint density at radius 3 is 2.09 bits per heavy atom. The molecule has 2 aromatic carbocycles. The molecular formula is C26H30N2O7. The van der Waals surface area contributed by atoms with Gasteiger partial charge in [0, 0.05) is 5.92 Å². The summed E-state index contributed by atoms with van der Waals surface area (Å²) < 4.78 is 10.0. The van der Waals surface area contributed by atoms with E-state index in [1.54, 1.807) is 0 Å². The van der Waals surface area contributed by atoms with Gasteiger partial charge in [-0.25, -0.2) is 9.59 Å². The number of benzene rings is 2. The van der Waals surface area contributed by atoms with Crippen molar-refractivity contribution < 1.29 is 33.8 Å². The molecule has 2 aromatic rings. The minimum atomic E-state index is -1.47. The third-order valence-corrected chi connectivity index (χ3v) is 6.01. The fourth-order valence-corrected chi connectivity index (χ4v) is 4.18. The molecule has 0 fully saturated rings. The lowest BCUT2D eigenvalue weighted by molar-refractivity contribution is -0.149. The minimum Gasteiger partial charge on any atom is -0.480 e. The number of fused-ring (bicyclic) bond motifs is 3. The third-order valence-electron chi connectivity index (χ3n) is 6.01. The summed E-state index contributed by atoms with van der Waals surface area (Å²) in [5, 5.41) is 14.2. The van der Waals surface area contributed by atoms with E-state index < -0.39 is 42.4 Å². The Kier molecular flexibility index (Phi) is 8.83. The number of methoxy groups -OCH3 is 1.